The summed E-state index contributed by atoms with van der Waals surface area (Å²) in [5.41, 5.74) is 2.21. The van der Waals surface area contributed by atoms with Crippen molar-refractivity contribution in [3.8, 4) is 5.69 Å². The van der Waals surface area contributed by atoms with Gasteiger partial charge >= 0.3 is 5.97 Å². The third kappa shape index (κ3) is 3.03. The first kappa shape index (κ1) is 16.8. The lowest BCUT2D eigenvalue weighted by Crippen LogP contribution is -2.31. The molecule has 0 saturated carbocycles. The third-order valence-electron chi connectivity index (χ3n) is 4.24. The summed E-state index contributed by atoms with van der Waals surface area (Å²) in [5, 5.41) is 0. The van der Waals surface area contributed by atoms with Gasteiger partial charge in [0.2, 0.25) is 5.69 Å². The number of hydrogen-bond acceptors (Lipinski definition) is 5. The van der Waals surface area contributed by atoms with Crippen LogP contribution < -0.4 is 5.56 Å². The number of dihydropyridines is 1. The number of hydrogen-bond donors (Lipinski definition) is 0. The summed E-state index contributed by atoms with van der Waals surface area (Å²) < 4.78 is 6.26. The van der Waals surface area contributed by atoms with Gasteiger partial charge in [0.25, 0.3) is 5.56 Å². The molecule has 0 amide bonds. The molecular weight excluding hydrogens is 318 g/mol. The monoisotopic (exact) mass is 337 g/mol. The minimum Gasteiger partial charge on any atom is -0.464 e. The molecule has 0 aliphatic carbocycles. The first-order chi connectivity index (χ1) is 12.0. The Hall–Kier alpha value is -3.02. The van der Waals surface area contributed by atoms with Crippen molar-refractivity contribution >= 4 is 17.8 Å². The van der Waals surface area contributed by atoms with Gasteiger partial charge in [-0.15, -0.1) is 0 Å². The lowest BCUT2D eigenvalue weighted by molar-refractivity contribution is 0.0591. The van der Waals surface area contributed by atoms with Crippen LogP contribution in [0.5, 0.6) is 0 Å². The second kappa shape index (κ2) is 6.84. The molecule has 0 N–H and O–H groups in total. The van der Waals surface area contributed by atoms with E-state index in [9.17, 15) is 9.59 Å². The molecule has 2 aromatic rings. The molecule has 6 nitrogen and oxygen atoms in total. The highest BCUT2D eigenvalue weighted by atomic mass is 16.5. The van der Waals surface area contributed by atoms with Gasteiger partial charge in [0, 0.05) is 30.1 Å². The van der Waals surface area contributed by atoms with Gasteiger partial charge in [-0.25, -0.2) is 9.78 Å². The number of benzene rings is 1. The fourth-order valence-corrected chi connectivity index (χ4v) is 2.92. The molecule has 1 aliphatic heterocycles. The Bertz CT molecular complexity index is 927. The number of carbonyl (C=O) groups excluding carboxylic acids is 1. The molecule has 1 atom stereocenters. The number of methoxy groups -OCH3 is 1. The quantitative estimate of drug-likeness (QED) is 0.806. The van der Waals surface area contributed by atoms with Crippen LogP contribution in [0.3, 0.4) is 0 Å². The predicted octanol–water partition coefficient (Wildman–Crippen LogP) is 2.43. The highest BCUT2D eigenvalue weighted by Gasteiger charge is 2.24. The van der Waals surface area contributed by atoms with Crippen LogP contribution in [-0.4, -0.2) is 35.4 Å². The van der Waals surface area contributed by atoms with Crippen LogP contribution >= 0.6 is 0 Å². The topological polar surface area (TPSA) is 73.5 Å². The Morgan fingerprint density at radius 1 is 1.28 bits per heavy atom. The molecule has 0 fully saturated rings. The van der Waals surface area contributed by atoms with E-state index in [0.717, 1.165) is 5.57 Å². The maximum absolute atomic E-state index is 12.9. The average molecular weight is 337 g/mol. The Kier molecular flexibility index (Phi) is 4.61. The number of allylic oxidation sites excluding steroid dienone is 1. The van der Waals surface area contributed by atoms with Gasteiger partial charge < -0.3 is 4.74 Å². The number of rotatable bonds is 3. The Morgan fingerprint density at radius 2 is 2.00 bits per heavy atom. The first-order valence-electron chi connectivity index (χ1n) is 8.02. The Morgan fingerprint density at radius 3 is 2.64 bits per heavy atom. The Balaban J connectivity index is 2.33. The highest BCUT2D eigenvalue weighted by Crippen LogP contribution is 2.27. The van der Waals surface area contributed by atoms with Crippen molar-refractivity contribution in [1.82, 2.24) is 9.55 Å². The van der Waals surface area contributed by atoms with Crippen molar-refractivity contribution in [3.63, 3.8) is 0 Å². The first-order valence-corrected chi connectivity index (χ1v) is 8.02. The van der Waals surface area contributed by atoms with Crippen LogP contribution in [0.25, 0.3) is 11.3 Å². The van der Waals surface area contributed by atoms with E-state index in [1.54, 1.807) is 6.21 Å². The summed E-state index contributed by atoms with van der Waals surface area (Å²) in [6.07, 6.45) is 3.61. The van der Waals surface area contributed by atoms with E-state index in [0.29, 0.717) is 23.6 Å². The standard InChI is InChI=1S/C19H19N3O3/c1-12-11-20-10-9-15(12)16-13(2)22(14-7-5-4-6-8-14)18(23)17(21-16)19(24)25-3/h4-10,12H,11H2,1-3H3. The van der Waals surface area contributed by atoms with Gasteiger partial charge in [0.15, 0.2) is 0 Å². The second-order valence-corrected chi connectivity index (χ2v) is 5.90. The van der Waals surface area contributed by atoms with E-state index in [4.69, 9.17) is 4.74 Å². The predicted molar refractivity (Wildman–Crippen MR) is 96.4 cm³/mol. The lowest BCUT2D eigenvalue weighted by atomic mass is 9.94. The summed E-state index contributed by atoms with van der Waals surface area (Å²) in [6.45, 7) is 4.52. The summed E-state index contributed by atoms with van der Waals surface area (Å²) >= 11 is 0. The number of esters is 1. The molecule has 0 radical (unpaired) electrons. The van der Waals surface area contributed by atoms with Gasteiger partial charge in [-0.3, -0.25) is 14.4 Å². The van der Waals surface area contributed by atoms with E-state index in [1.165, 1.54) is 11.7 Å². The largest absolute Gasteiger partial charge is 0.464 e. The molecule has 3 rings (SSSR count). The van der Waals surface area contributed by atoms with Gasteiger partial charge in [-0.05, 0) is 30.7 Å². The molecule has 1 aliphatic rings. The number of para-hydroxylation sites is 1. The molecular formula is C19H19N3O3. The molecule has 1 aromatic carbocycles. The third-order valence-corrected chi connectivity index (χ3v) is 4.24. The van der Waals surface area contributed by atoms with Gasteiger partial charge in [0.05, 0.1) is 12.8 Å². The van der Waals surface area contributed by atoms with Crippen LogP contribution in [0.4, 0.5) is 0 Å². The molecule has 6 heteroatoms. The number of aromatic nitrogens is 2. The van der Waals surface area contributed by atoms with Gasteiger partial charge in [-0.1, -0.05) is 25.1 Å². The van der Waals surface area contributed by atoms with Gasteiger partial charge in [-0.2, -0.15) is 0 Å². The van der Waals surface area contributed by atoms with Crippen LogP contribution in [0.15, 0.2) is 46.2 Å². The van der Waals surface area contributed by atoms with Gasteiger partial charge in [0.1, 0.15) is 0 Å². The zero-order valence-electron chi connectivity index (χ0n) is 14.4. The normalized spacial score (nSPS) is 16.4. The summed E-state index contributed by atoms with van der Waals surface area (Å²) in [5.74, 6) is -0.600. The van der Waals surface area contributed by atoms with Crippen molar-refractivity contribution in [1.29, 1.82) is 0 Å². The van der Waals surface area contributed by atoms with Crippen molar-refractivity contribution in [3.05, 3.63) is 63.8 Å². The molecule has 0 saturated heterocycles. The maximum atomic E-state index is 12.9. The molecule has 0 spiro atoms. The second-order valence-electron chi connectivity index (χ2n) is 5.90. The van der Waals surface area contributed by atoms with Crippen LogP contribution in [0.2, 0.25) is 0 Å². The molecule has 128 valence electrons. The van der Waals surface area contributed by atoms with E-state index >= 15 is 0 Å². The van der Waals surface area contributed by atoms with Crippen LogP contribution in [0.1, 0.15) is 28.8 Å². The number of ether oxygens (including phenoxy) is 1. The maximum Gasteiger partial charge on any atom is 0.362 e. The zero-order valence-corrected chi connectivity index (χ0v) is 14.4. The van der Waals surface area contributed by atoms with E-state index < -0.39 is 11.5 Å². The molecule has 25 heavy (non-hydrogen) atoms. The molecule has 0 bridgehead atoms. The van der Waals surface area contributed by atoms with E-state index in [2.05, 4.69) is 9.98 Å². The summed E-state index contributed by atoms with van der Waals surface area (Å²) in [7, 11) is 1.24. The zero-order chi connectivity index (χ0) is 18.0. The summed E-state index contributed by atoms with van der Waals surface area (Å²) in [6, 6.07) is 9.19. The number of nitrogens with zero attached hydrogens (tertiary/aromatic N) is 3. The molecule has 1 aromatic heterocycles. The van der Waals surface area contributed by atoms with Crippen LogP contribution in [0, 0.1) is 12.8 Å². The Labute approximate surface area is 145 Å². The van der Waals surface area contributed by atoms with Crippen molar-refractivity contribution in [2.45, 2.75) is 13.8 Å². The van der Waals surface area contributed by atoms with Crippen LogP contribution in [-0.2, 0) is 4.74 Å². The number of aliphatic imine (C=N–C) groups is 1. The van der Waals surface area contributed by atoms with E-state index in [1.807, 2.05) is 50.3 Å². The minimum absolute atomic E-state index is 0.142. The van der Waals surface area contributed by atoms with Crippen molar-refractivity contribution < 1.29 is 9.53 Å². The van der Waals surface area contributed by atoms with Crippen molar-refractivity contribution in [2.75, 3.05) is 13.7 Å². The smallest absolute Gasteiger partial charge is 0.362 e. The number of carbonyl (C=O) groups is 1. The molecule has 2 heterocycles. The SMILES string of the molecule is COC(=O)c1nc(C2=CC=NCC2C)c(C)n(-c2ccccc2)c1=O. The highest BCUT2D eigenvalue weighted by molar-refractivity contribution is 5.89. The molecule has 1 unspecified atom stereocenters. The fourth-order valence-electron chi connectivity index (χ4n) is 2.92. The van der Waals surface area contributed by atoms with E-state index in [-0.39, 0.29) is 11.6 Å². The summed E-state index contributed by atoms with van der Waals surface area (Å²) in [4.78, 5) is 33.6. The lowest BCUT2D eigenvalue weighted by Gasteiger charge is -2.21. The fraction of sp³-hybridized carbons (Fsp3) is 0.263. The average Bonchev–Trinajstić information content (AvgIpc) is 2.63. The van der Waals surface area contributed by atoms with Crippen molar-refractivity contribution in [2.24, 2.45) is 10.9 Å². The minimum atomic E-state index is -0.742.